The summed E-state index contributed by atoms with van der Waals surface area (Å²) in [7, 11) is 0. The van der Waals surface area contributed by atoms with Gasteiger partial charge >= 0.3 is 6.09 Å². The largest absolute Gasteiger partial charge is 0.447 e. The number of hydrogen-bond acceptors (Lipinski definition) is 7. The Balaban J connectivity index is 0.000000157. The lowest BCUT2D eigenvalue weighted by Crippen LogP contribution is -2.33. The van der Waals surface area contributed by atoms with Crippen LogP contribution in [0.5, 0.6) is 0 Å². The molecule has 37 heavy (non-hydrogen) atoms. The molecule has 12 heteroatoms. The van der Waals surface area contributed by atoms with E-state index in [9.17, 15) is 18.4 Å². The molecular formula is C25H24F2N6O4. The van der Waals surface area contributed by atoms with Crippen LogP contribution >= 0.6 is 0 Å². The third kappa shape index (κ3) is 4.99. The van der Waals surface area contributed by atoms with Gasteiger partial charge in [-0.05, 0) is 31.5 Å². The van der Waals surface area contributed by atoms with Crippen molar-refractivity contribution in [2.45, 2.75) is 38.5 Å². The number of aryl methyl sites for hydroxylation is 2. The first kappa shape index (κ1) is 24.3. The highest BCUT2D eigenvalue weighted by Crippen LogP contribution is 2.47. The van der Waals surface area contributed by atoms with E-state index in [1.807, 2.05) is 42.6 Å². The SMILES string of the molecule is Cc1ccc(-c2noc(C3CC(F)(F)C3)n2)cc1NC=O.Cc1cnc2cc(N3CCOC3=O)ccn12. The molecule has 0 atom stereocenters. The van der Waals surface area contributed by atoms with Crippen molar-refractivity contribution in [1.82, 2.24) is 19.5 Å². The highest BCUT2D eigenvalue weighted by Gasteiger charge is 2.48. The number of aromatic nitrogens is 4. The molecule has 1 N–H and O–H groups in total. The summed E-state index contributed by atoms with van der Waals surface area (Å²) in [4.78, 5) is 32.0. The van der Waals surface area contributed by atoms with Crippen molar-refractivity contribution in [1.29, 1.82) is 0 Å². The standard InChI is InChI=1S/C14H13F2N3O2.C11H11N3O2/c1-8-2-3-9(4-11(8)17-7-20)12-18-13(21-19-12)10-5-14(15,16)6-10;1-8-7-12-10-6-9(2-3-13(8)10)14-4-5-16-11(14)15/h2-4,7,10H,5-6H2,1H3,(H,17,20);2-3,6-7H,4-5H2,1H3. The minimum atomic E-state index is -2.62. The Morgan fingerprint density at radius 2 is 2.00 bits per heavy atom. The van der Waals surface area contributed by atoms with Gasteiger partial charge in [0.05, 0.1) is 12.2 Å². The quantitative estimate of drug-likeness (QED) is 0.386. The van der Waals surface area contributed by atoms with Gasteiger partial charge in [-0.2, -0.15) is 4.98 Å². The average Bonchev–Trinajstić information content (AvgIpc) is 3.60. The molecule has 2 fully saturated rings. The van der Waals surface area contributed by atoms with Crippen molar-refractivity contribution in [2.75, 3.05) is 23.4 Å². The van der Waals surface area contributed by atoms with Crippen molar-refractivity contribution in [3.05, 3.63) is 59.9 Å². The van der Waals surface area contributed by atoms with Crippen molar-refractivity contribution >= 4 is 29.5 Å². The van der Waals surface area contributed by atoms with Crippen LogP contribution in [-0.4, -0.2) is 51.1 Å². The van der Waals surface area contributed by atoms with Gasteiger partial charge in [0.25, 0.3) is 0 Å². The zero-order valence-corrected chi connectivity index (χ0v) is 20.1. The number of hydrogen-bond donors (Lipinski definition) is 1. The van der Waals surface area contributed by atoms with Gasteiger partial charge in [0.2, 0.25) is 24.0 Å². The van der Waals surface area contributed by atoms with Crippen molar-refractivity contribution in [3.8, 4) is 11.4 Å². The number of nitrogens with zero attached hydrogens (tertiary/aromatic N) is 5. The van der Waals surface area contributed by atoms with Crippen LogP contribution < -0.4 is 10.2 Å². The fraction of sp³-hybridized carbons (Fsp3) is 0.320. The smallest absolute Gasteiger partial charge is 0.414 e. The van der Waals surface area contributed by atoms with Crippen LogP contribution in [0.4, 0.5) is 25.0 Å². The average molecular weight is 511 g/mol. The Bertz CT molecular complexity index is 1460. The number of ether oxygens (including phenoxy) is 1. The molecule has 0 unspecified atom stereocenters. The molecule has 1 aliphatic carbocycles. The lowest BCUT2D eigenvalue weighted by Gasteiger charge is -2.31. The highest BCUT2D eigenvalue weighted by atomic mass is 19.3. The number of halogens is 2. The number of benzene rings is 1. The van der Waals surface area contributed by atoms with Crippen molar-refractivity contribution in [3.63, 3.8) is 0 Å². The summed E-state index contributed by atoms with van der Waals surface area (Å²) in [6.07, 6.45) is 3.53. The molecule has 1 aliphatic heterocycles. The molecule has 2 aliphatic rings. The molecule has 1 aromatic carbocycles. The second-order valence-corrected chi connectivity index (χ2v) is 8.99. The number of cyclic esters (lactones) is 1. The van der Waals surface area contributed by atoms with E-state index >= 15 is 0 Å². The summed E-state index contributed by atoms with van der Waals surface area (Å²) in [6.45, 7) is 4.91. The van der Waals surface area contributed by atoms with Crippen LogP contribution in [-0.2, 0) is 9.53 Å². The van der Waals surface area contributed by atoms with Crippen LogP contribution in [0.1, 0.15) is 35.9 Å². The Hall–Kier alpha value is -4.35. The number of pyridine rings is 1. The van der Waals surface area contributed by atoms with E-state index in [0.717, 1.165) is 22.6 Å². The van der Waals surface area contributed by atoms with Gasteiger partial charge < -0.3 is 19.0 Å². The maximum atomic E-state index is 12.9. The molecule has 0 spiro atoms. The minimum Gasteiger partial charge on any atom is -0.447 e. The maximum Gasteiger partial charge on any atom is 0.414 e. The number of alkyl halides is 2. The third-order valence-corrected chi connectivity index (χ3v) is 6.35. The number of fused-ring (bicyclic) bond motifs is 1. The molecule has 0 radical (unpaired) electrons. The molecule has 1 saturated carbocycles. The molecule has 1 saturated heterocycles. The molecule has 192 valence electrons. The monoisotopic (exact) mass is 510 g/mol. The number of rotatable bonds is 5. The number of anilines is 2. The lowest BCUT2D eigenvalue weighted by molar-refractivity contribution is -0.105. The Morgan fingerprint density at radius 1 is 1.19 bits per heavy atom. The number of carbonyl (C=O) groups is 2. The first-order valence-corrected chi connectivity index (χ1v) is 11.6. The predicted molar refractivity (Wildman–Crippen MR) is 130 cm³/mol. The second-order valence-electron chi connectivity index (χ2n) is 8.99. The zero-order valence-electron chi connectivity index (χ0n) is 20.1. The molecule has 4 heterocycles. The molecular weight excluding hydrogens is 486 g/mol. The van der Waals surface area contributed by atoms with Crippen LogP contribution in [0.3, 0.4) is 0 Å². The van der Waals surface area contributed by atoms with E-state index in [-0.39, 0.29) is 30.7 Å². The summed E-state index contributed by atoms with van der Waals surface area (Å²) in [5.41, 5.74) is 4.95. The predicted octanol–water partition coefficient (Wildman–Crippen LogP) is 4.73. The number of nitrogens with one attached hydrogen (secondary N) is 1. The van der Waals surface area contributed by atoms with E-state index in [0.29, 0.717) is 36.6 Å². The van der Waals surface area contributed by atoms with Gasteiger partial charge in [-0.25, -0.2) is 18.6 Å². The first-order valence-electron chi connectivity index (χ1n) is 11.6. The normalized spacial score (nSPS) is 16.6. The first-order chi connectivity index (χ1) is 17.7. The summed E-state index contributed by atoms with van der Waals surface area (Å²) in [6, 6.07) is 9.10. The maximum absolute atomic E-state index is 12.9. The van der Waals surface area contributed by atoms with Crippen LogP contribution in [0.25, 0.3) is 17.0 Å². The summed E-state index contributed by atoms with van der Waals surface area (Å²) in [5.74, 6) is -2.43. The Labute approximate surface area is 210 Å². The lowest BCUT2D eigenvalue weighted by atomic mass is 9.81. The van der Waals surface area contributed by atoms with Gasteiger partial charge in [0.15, 0.2) is 0 Å². The van der Waals surface area contributed by atoms with Crippen LogP contribution in [0.15, 0.2) is 47.2 Å². The molecule has 2 amide bonds. The topological polar surface area (TPSA) is 115 Å². The number of amides is 2. The van der Waals surface area contributed by atoms with Gasteiger partial charge in [-0.15, -0.1) is 0 Å². The van der Waals surface area contributed by atoms with E-state index in [4.69, 9.17) is 9.26 Å². The van der Waals surface area contributed by atoms with Crippen molar-refractivity contribution < 1.29 is 27.6 Å². The molecule has 6 rings (SSSR count). The van der Waals surface area contributed by atoms with Crippen LogP contribution in [0, 0.1) is 13.8 Å². The molecule has 3 aromatic heterocycles. The fourth-order valence-corrected chi connectivity index (χ4v) is 4.23. The van der Waals surface area contributed by atoms with Gasteiger partial charge in [0.1, 0.15) is 12.3 Å². The zero-order chi connectivity index (χ0) is 26.2. The van der Waals surface area contributed by atoms with E-state index in [1.54, 1.807) is 23.2 Å². The Kier molecular flexibility index (Phi) is 6.32. The third-order valence-electron chi connectivity index (χ3n) is 6.35. The number of carbonyl (C=O) groups excluding carboxylic acids is 2. The van der Waals surface area contributed by atoms with E-state index in [1.165, 1.54) is 0 Å². The minimum absolute atomic E-state index is 0.237. The summed E-state index contributed by atoms with van der Waals surface area (Å²) in [5, 5.41) is 6.40. The van der Waals surface area contributed by atoms with Gasteiger partial charge in [-0.1, -0.05) is 17.3 Å². The van der Waals surface area contributed by atoms with Gasteiger partial charge in [0, 0.05) is 54.2 Å². The van der Waals surface area contributed by atoms with Crippen molar-refractivity contribution in [2.24, 2.45) is 0 Å². The van der Waals surface area contributed by atoms with Gasteiger partial charge in [-0.3, -0.25) is 9.69 Å². The van der Waals surface area contributed by atoms with E-state index < -0.39 is 5.92 Å². The Morgan fingerprint density at radius 3 is 2.70 bits per heavy atom. The molecule has 4 aromatic rings. The fourth-order valence-electron chi connectivity index (χ4n) is 4.23. The second kappa shape index (κ2) is 9.60. The summed E-state index contributed by atoms with van der Waals surface area (Å²) < 4.78 is 37.6. The number of imidazole rings is 1. The van der Waals surface area contributed by atoms with Crippen LogP contribution in [0.2, 0.25) is 0 Å². The van der Waals surface area contributed by atoms with E-state index in [2.05, 4.69) is 20.4 Å². The summed E-state index contributed by atoms with van der Waals surface area (Å²) >= 11 is 0. The highest BCUT2D eigenvalue weighted by molar-refractivity contribution is 5.89. The molecule has 10 nitrogen and oxygen atoms in total. The molecule has 0 bridgehead atoms.